The van der Waals surface area contributed by atoms with E-state index in [4.69, 9.17) is 10.5 Å². The third-order valence-electron chi connectivity index (χ3n) is 4.25. The molecule has 2 aliphatic carbocycles. The summed E-state index contributed by atoms with van der Waals surface area (Å²) < 4.78 is 31.7. The lowest BCUT2D eigenvalue weighted by Gasteiger charge is -2.25. The first-order valence-corrected chi connectivity index (χ1v) is 5.85. The van der Waals surface area contributed by atoms with Gasteiger partial charge in [-0.05, 0) is 31.7 Å². The van der Waals surface area contributed by atoms with Crippen LogP contribution in [0.25, 0.3) is 0 Å². The smallest absolute Gasteiger partial charge is 0.162 e. The molecule has 0 atom stereocenters. The van der Waals surface area contributed by atoms with Crippen molar-refractivity contribution in [3.8, 4) is 5.75 Å². The molecule has 0 amide bonds. The lowest BCUT2D eigenvalue weighted by atomic mass is 9.85. The number of hydrogen-bond donors (Lipinski definition) is 1. The molecule has 4 heteroatoms. The maximum Gasteiger partial charge on any atom is 0.162 e. The van der Waals surface area contributed by atoms with Gasteiger partial charge in [0.25, 0.3) is 0 Å². The average molecular weight is 239 g/mol. The summed E-state index contributed by atoms with van der Waals surface area (Å²) in [5, 5.41) is 0. The number of rotatable bonds is 3. The highest BCUT2D eigenvalue weighted by molar-refractivity contribution is 5.49. The predicted octanol–water partition coefficient (Wildman–Crippen LogP) is 2.50. The zero-order valence-corrected chi connectivity index (χ0v) is 9.72. The fourth-order valence-corrected chi connectivity index (χ4v) is 2.85. The van der Waals surface area contributed by atoms with Crippen molar-refractivity contribution in [3.63, 3.8) is 0 Å². The minimum absolute atomic E-state index is 0.188. The molecule has 0 spiro atoms. The van der Waals surface area contributed by atoms with Crippen LogP contribution in [0, 0.1) is 11.6 Å². The topological polar surface area (TPSA) is 35.2 Å². The molecular formula is C13H15F2NO. The summed E-state index contributed by atoms with van der Waals surface area (Å²) in [5.74, 6) is -1.28. The zero-order chi connectivity index (χ0) is 12.3. The van der Waals surface area contributed by atoms with Crippen LogP contribution in [0.3, 0.4) is 0 Å². The van der Waals surface area contributed by atoms with Gasteiger partial charge in [-0.1, -0.05) is 0 Å². The molecule has 0 radical (unpaired) electrons. The Morgan fingerprint density at radius 3 is 2.18 bits per heavy atom. The van der Waals surface area contributed by atoms with Gasteiger partial charge < -0.3 is 10.5 Å². The van der Waals surface area contributed by atoms with Crippen molar-refractivity contribution >= 4 is 0 Å². The Bertz CT molecular complexity index is 479. The second-order valence-corrected chi connectivity index (χ2v) is 5.20. The van der Waals surface area contributed by atoms with E-state index in [1.807, 2.05) is 0 Å². The fourth-order valence-electron chi connectivity index (χ4n) is 2.85. The van der Waals surface area contributed by atoms with Crippen LogP contribution >= 0.6 is 0 Å². The molecule has 92 valence electrons. The van der Waals surface area contributed by atoms with E-state index in [1.165, 1.54) is 13.2 Å². The van der Waals surface area contributed by atoms with Gasteiger partial charge >= 0.3 is 0 Å². The van der Waals surface area contributed by atoms with Crippen LogP contribution in [0.1, 0.15) is 31.2 Å². The van der Waals surface area contributed by atoms with E-state index in [1.54, 1.807) is 0 Å². The third kappa shape index (κ3) is 1.40. The van der Waals surface area contributed by atoms with E-state index in [-0.39, 0.29) is 11.0 Å². The van der Waals surface area contributed by atoms with Gasteiger partial charge in [-0.2, -0.15) is 0 Å². The first kappa shape index (κ1) is 11.0. The standard InChI is InChI=1S/C13H15F2NO/c1-17-11-7-10(15)9(14)6-8(11)12(2-3-12)13(16)4-5-13/h6-7H,2-5,16H2,1H3. The van der Waals surface area contributed by atoms with Gasteiger partial charge in [0.05, 0.1) is 7.11 Å². The normalized spacial score (nSPS) is 23.3. The van der Waals surface area contributed by atoms with E-state index < -0.39 is 11.6 Å². The van der Waals surface area contributed by atoms with Gasteiger partial charge in [0.2, 0.25) is 0 Å². The van der Waals surface area contributed by atoms with Gasteiger partial charge in [-0.3, -0.25) is 0 Å². The Balaban J connectivity index is 2.11. The number of methoxy groups -OCH3 is 1. The van der Waals surface area contributed by atoms with E-state index in [0.29, 0.717) is 5.75 Å². The third-order valence-corrected chi connectivity index (χ3v) is 4.25. The molecule has 0 unspecified atom stereocenters. The van der Waals surface area contributed by atoms with Crippen LogP contribution in [-0.2, 0) is 5.41 Å². The number of ether oxygens (including phenoxy) is 1. The molecule has 0 heterocycles. The SMILES string of the molecule is COc1cc(F)c(F)cc1C1(C2(N)CC2)CC1. The zero-order valence-electron chi connectivity index (χ0n) is 9.72. The summed E-state index contributed by atoms with van der Waals surface area (Å²) in [4.78, 5) is 0. The molecule has 0 aromatic heterocycles. The molecule has 0 aliphatic heterocycles. The Kier molecular flexibility index (Phi) is 2.06. The van der Waals surface area contributed by atoms with Crippen molar-refractivity contribution in [2.24, 2.45) is 5.73 Å². The van der Waals surface area contributed by atoms with Crippen LogP contribution in [0.5, 0.6) is 5.75 Å². The summed E-state index contributed by atoms with van der Waals surface area (Å²) in [6.45, 7) is 0. The summed E-state index contributed by atoms with van der Waals surface area (Å²) in [6.07, 6.45) is 3.78. The van der Waals surface area contributed by atoms with Gasteiger partial charge in [0, 0.05) is 22.6 Å². The van der Waals surface area contributed by atoms with E-state index in [2.05, 4.69) is 0 Å². The molecule has 2 saturated carbocycles. The van der Waals surface area contributed by atoms with Crippen LogP contribution in [0.15, 0.2) is 12.1 Å². The second-order valence-electron chi connectivity index (χ2n) is 5.20. The lowest BCUT2D eigenvalue weighted by Crippen LogP contribution is -2.37. The van der Waals surface area contributed by atoms with E-state index in [0.717, 1.165) is 37.3 Å². The van der Waals surface area contributed by atoms with Crippen LogP contribution in [-0.4, -0.2) is 12.6 Å². The van der Waals surface area contributed by atoms with Crippen LogP contribution in [0.2, 0.25) is 0 Å². The Labute approximate surface area is 98.8 Å². The molecule has 17 heavy (non-hydrogen) atoms. The fraction of sp³-hybridized carbons (Fsp3) is 0.538. The number of halogens is 2. The number of benzene rings is 1. The summed E-state index contributed by atoms with van der Waals surface area (Å²) in [6, 6.07) is 2.38. The summed E-state index contributed by atoms with van der Waals surface area (Å²) >= 11 is 0. The minimum atomic E-state index is -0.872. The van der Waals surface area contributed by atoms with Gasteiger partial charge in [0.15, 0.2) is 11.6 Å². The highest BCUT2D eigenvalue weighted by Gasteiger charge is 2.65. The quantitative estimate of drug-likeness (QED) is 0.879. The van der Waals surface area contributed by atoms with Crippen molar-refractivity contribution in [3.05, 3.63) is 29.3 Å². The highest BCUT2D eigenvalue weighted by atomic mass is 19.2. The van der Waals surface area contributed by atoms with Crippen molar-refractivity contribution in [1.29, 1.82) is 0 Å². The molecule has 1 aromatic rings. The molecule has 0 bridgehead atoms. The molecule has 2 aliphatic rings. The van der Waals surface area contributed by atoms with E-state index >= 15 is 0 Å². The van der Waals surface area contributed by atoms with Gasteiger partial charge in [-0.15, -0.1) is 0 Å². The second kappa shape index (κ2) is 3.19. The Morgan fingerprint density at radius 1 is 1.12 bits per heavy atom. The molecule has 0 saturated heterocycles. The maximum absolute atomic E-state index is 13.4. The van der Waals surface area contributed by atoms with E-state index in [9.17, 15) is 8.78 Å². The lowest BCUT2D eigenvalue weighted by molar-refractivity contribution is 0.384. The Morgan fingerprint density at radius 2 is 1.71 bits per heavy atom. The van der Waals surface area contributed by atoms with Crippen molar-refractivity contribution in [2.45, 2.75) is 36.6 Å². The predicted molar refractivity (Wildman–Crippen MR) is 60.0 cm³/mol. The maximum atomic E-state index is 13.4. The largest absolute Gasteiger partial charge is 0.496 e. The Hall–Kier alpha value is -1.16. The van der Waals surface area contributed by atoms with Crippen molar-refractivity contribution in [2.75, 3.05) is 7.11 Å². The first-order chi connectivity index (χ1) is 8.02. The molecule has 2 nitrogen and oxygen atoms in total. The molecule has 3 rings (SSSR count). The average Bonchev–Trinajstić information content (AvgIpc) is 3.17. The first-order valence-electron chi connectivity index (χ1n) is 5.85. The molecule has 2 fully saturated rings. The van der Waals surface area contributed by atoms with Crippen LogP contribution < -0.4 is 10.5 Å². The van der Waals surface area contributed by atoms with Crippen molar-refractivity contribution < 1.29 is 13.5 Å². The number of nitrogens with two attached hydrogens (primary N) is 1. The molecular weight excluding hydrogens is 224 g/mol. The number of hydrogen-bond acceptors (Lipinski definition) is 2. The summed E-state index contributed by atoms with van der Waals surface area (Å²) in [7, 11) is 1.47. The van der Waals surface area contributed by atoms with Gasteiger partial charge in [-0.25, -0.2) is 8.78 Å². The molecule has 1 aromatic carbocycles. The minimum Gasteiger partial charge on any atom is -0.496 e. The highest BCUT2D eigenvalue weighted by Crippen LogP contribution is 2.65. The van der Waals surface area contributed by atoms with Crippen LogP contribution in [0.4, 0.5) is 8.78 Å². The monoisotopic (exact) mass is 239 g/mol. The van der Waals surface area contributed by atoms with Crippen molar-refractivity contribution in [1.82, 2.24) is 0 Å². The van der Waals surface area contributed by atoms with Gasteiger partial charge in [0.1, 0.15) is 5.75 Å². The summed E-state index contributed by atoms with van der Waals surface area (Å²) in [5.41, 5.74) is 6.57. The molecule has 2 N–H and O–H groups in total.